The molecule has 8 heteroatoms. The summed E-state index contributed by atoms with van der Waals surface area (Å²) < 4.78 is 1.45. The number of aryl methyl sites for hydroxylation is 1. The Morgan fingerprint density at radius 2 is 1.71 bits per heavy atom. The molecule has 168 valence electrons. The molecule has 0 radical (unpaired) electrons. The highest BCUT2D eigenvalue weighted by molar-refractivity contribution is 6.10. The average Bonchev–Trinajstić information content (AvgIpc) is 3.15. The summed E-state index contributed by atoms with van der Waals surface area (Å²) in [7, 11) is 0. The van der Waals surface area contributed by atoms with Gasteiger partial charge in [-0.2, -0.15) is 9.78 Å². The fourth-order valence-corrected chi connectivity index (χ4v) is 3.78. The molecule has 0 aliphatic rings. The largest absolute Gasteiger partial charge is 0.383 e. The van der Waals surface area contributed by atoms with Crippen molar-refractivity contribution < 1.29 is 4.79 Å². The molecule has 5 aromatic rings. The van der Waals surface area contributed by atoms with Gasteiger partial charge in [0.2, 0.25) is 0 Å². The minimum Gasteiger partial charge on any atom is -0.383 e. The maximum Gasteiger partial charge on any atom is 0.257 e. The Morgan fingerprint density at radius 3 is 2.47 bits per heavy atom. The summed E-state index contributed by atoms with van der Waals surface area (Å²) >= 11 is 0. The van der Waals surface area contributed by atoms with Crippen molar-refractivity contribution >= 4 is 40.1 Å². The Labute approximate surface area is 196 Å². The second-order valence-electron chi connectivity index (χ2n) is 7.80. The van der Waals surface area contributed by atoms with E-state index >= 15 is 0 Å². The van der Waals surface area contributed by atoms with Crippen LogP contribution in [0.3, 0.4) is 0 Å². The second kappa shape index (κ2) is 9.50. The van der Waals surface area contributed by atoms with Gasteiger partial charge in [-0.1, -0.05) is 48.5 Å². The van der Waals surface area contributed by atoms with Gasteiger partial charge in [-0.05, 0) is 42.7 Å². The van der Waals surface area contributed by atoms with Gasteiger partial charge in [-0.3, -0.25) is 9.78 Å². The number of nitrogens with two attached hydrogens (primary N) is 1. The van der Waals surface area contributed by atoms with Crippen LogP contribution >= 0.6 is 0 Å². The molecule has 0 bridgehead atoms. The zero-order valence-corrected chi connectivity index (χ0v) is 18.4. The normalized spacial score (nSPS) is 11.4. The van der Waals surface area contributed by atoms with Crippen molar-refractivity contribution in [2.45, 2.75) is 12.8 Å². The number of anilines is 1. The molecular formula is C26H23N7O. The number of nitrogen functional groups attached to an aromatic ring is 1. The molecule has 0 unspecified atom stereocenters. The van der Waals surface area contributed by atoms with E-state index < -0.39 is 0 Å². The maximum absolute atomic E-state index is 13.2. The zero-order valence-electron chi connectivity index (χ0n) is 18.4. The van der Waals surface area contributed by atoms with Crippen molar-refractivity contribution in [3.8, 4) is 0 Å². The van der Waals surface area contributed by atoms with E-state index in [2.05, 4.69) is 27.5 Å². The van der Waals surface area contributed by atoms with Crippen molar-refractivity contribution in [3.63, 3.8) is 0 Å². The number of benzene rings is 2. The van der Waals surface area contributed by atoms with Crippen molar-refractivity contribution in [1.29, 1.82) is 0 Å². The molecule has 3 heterocycles. The summed E-state index contributed by atoms with van der Waals surface area (Å²) in [5.41, 5.74) is 10.8. The smallest absolute Gasteiger partial charge is 0.257 e. The molecule has 0 aliphatic heterocycles. The Balaban J connectivity index is 1.47. The third kappa shape index (κ3) is 4.33. The zero-order chi connectivity index (χ0) is 23.3. The van der Waals surface area contributed by atoms with Crippen LogP contribution in [0.4, 0.5) is 5.82 Å². The molecule has 1 amide bonds. The molecule has 0 spiro atoms. The first-order chi connectivity index (χ1) is 16.7. The molecule has 0 aliphatic carbocycles. The molecule has 2 aromatic carbocycles. The van der Waals surface area contributed by atoms with E-state index in [1.54, 1.807) is 12.4 Å². The van der Waals surface area contributed by atoms with Gasteiger partial charge in [0, 0.05) is 12.7 Å². The second-order valence-corrected chi connectivity index (χ2v) is 7.80. The van der Waals surface area contributed by atoms with Crippen LogP contribution in [0.25, 0.3) is 22.2 Å². The first-order valence-electron chi connectivity index (χ1n) is 11.0. The lowest BCUT2D eigenvalue weighted by Gasteiger charge is -2.06. The number of para-hydroxylation sites is 2. The van der Waals surface area contributed by atoms with Gasteiger partial charge >= 0.3 is 0 Å². The number of hydrogen-bond acceptors (Lipinski definition) is 6. The lowest BCUT2D eigenvalue weighted by atomic mass is 10.1. The van der Waals surface area contributed by atoms with E-state index in [4.69, 9.17) is 15.7 Å². The van der Waals surface area contributed by atoms with Crippen LogP contribution < -0.4 is 11.1 Å². The van der Waals surface area contributed by atoms with E-state index in [0.29, 0.717) is 34.4 Å². The molecule has 34 heavy (non-hydrogen) atoms. The van der Waals surface area contributed by atoms with Crippen LogP contribution in [-0.2, 0) is 6.42 Å². The molecule has 8 nitrogen and oxygen atoms in total. The lowest BCUT2D eigenvalue weighted by molar-refractivity contribution is 0.0955. The van der Waals surface area contributed by atoms with Crippen LogP contribution in [0.1, 0.15) is 28.0 Å². The van der Waals surface area contributed by atoms with E-state index in [1.807, 2.05) is 60.7 Å². The number of carbonyl (C=O) groups excluding carboxylic acids is 1. The molecule has 5 rings (SSSR count). The van der Waals surface area contributed by atoms with E-state index in [9.17, 15) is 4.79 Å². The summed E-state index contributed by atoms with van der Waals surface area (Å²) in [6.45, 7) is 0.512. The SMILES string of the molecule is Nc1c(C(=O)NCCCc2ccccc2)c2nc3ccccc3nc2n1/N=C/c1ccccn1. The summed E-state index contributed by atoms with van der Waals surface area (Å²) in [5.74, 6) is -0.120. The number of fused-ring (bicyclic) bond motifs is 2. The minimum atomic E-state index is -0.299. The number of hydrogen-bond donors (Lipinski definition) is 2. The number of nitrogens with one attached hydrogen (secondary N) is 1. The van der Waals surface area contributed by atoms with Gasteiger partial charge in [0.05, 0.1) is 22.9 Å². The highest BCUT2D eigenvalue weighted by atomic mass is 16.1. The van der Waals surface area contributed by atoms with Crippen molar-refractivity contribution in [3.05, 3.63) is 95.8 Å². The van der Waals surface area contributed by atoms with Crippen molar-refractivity contribution in [2.24, 2.45) is 5.10 Å². The lowest BCUT2D eigenvalue weighted by Crippen LogP contribution is -2.25. The molecular weight excluding hydrogens is 426 g/mol. The van der Waals surface area contributed by atoms with Gasteiger partial charge in [0.25, 0.3) is 5.91 Å². The Kier molecular flexibility index (Phi) is 5.94. The van der Waals surface area contributed by atoms with Gasteiger partial charge in [0.15, 0.2) is 5.65 Å². The highest BCUT2D eigenvalue weighted by Gasteiger charge is 2.23. The number of nitrogens with zero attached hydrogens (tertiary/aromatic N) is 5. The molecule has 3 N–H and O–H groups in total. The third-order valence-electron chi connectivity index (χ3n) is 5.46. The van der Waals surface area contributed by atoms with Gasteiger partial charge in [0.1, 0.15) is 16.9 Å². The summed E-state index contributed by atoms with van der Waals surface area (Å²) in [4.78, 5) is 26.8. The van der Waals surface area contributed by atoms with Crippen LogP contribution in [0.2, 0.25) is 0 Å². The van der Waals surface area contributed by atoms with E-state index in [1.165, 1.54) is 10.2 Å². The molecule has 0 atom stereocenters. The van der Waals surface area contributed by atoms with Gasteiger partial charge in [-0.25, -0.2) is 9.97 Å². The van der Waals surface area contributed by atoms with Crippen LogP contribution in [0, 0.1) is 0 Å². The number of carbonyl (C=O) groups is 1. The Morgan fingerprint density at radius 1 is 0.971 bits per heavy atom. The number of amides is 1. The van der Waals surface area contributed by atoms with Gasteiger partial charge < -0.3 is 11.1 Å². The van der Waals surface area contributed by atoms with E-state index in [-0.39, 0.29) is 17.3 Å². The maximum atomic E-state index is 13.2. The van der Waals surface area contributed by atoms with Crippen LogP contribution in [0.15, 0.2) is 84.1 Å². The fourth-order valence-electron chi connectivity index (χ4n) is 3.78. The molecule has 3 aromatic heterocycles. The average molecular weight is 450 g/mol. The predicted molar refractivity (Wildman–Crippen MR) is 134 cm³/mol. The third-order valence-corrected chi connectivity index (χ3v) is 5.46. The number of rotatable bonds is 7. The molecule has 0 saturated carbocycles. The molecule has 0 fully saturated rings. The fraction of sp³-hybridized carbons (Fsp3) is 0.115. The highest BCUT2D eigenvalue weighted by Crippen LogP contribution is 2.27. The summed E-state index contributed by atoms with van der Waals surface area (Å²) in [6, 6.07) is 23.2. The first kappa shape index (κ1) is 21.3. The Bertz CT molecular complexity index is 1480. The monoisotopic (exact) mass is 449 g/mol. The van der Waals surface area contributed by atoms with E-state index in [0.717, 1.165) is 12.8 Å². The predicted octanol–water partition coefficient (Wildman–Crippen LogP) is 3.81. The standard InChI is InChI=1S/C26H23N7O/c27-24-22(26(34)29-16-8-11-18-9-2-1-3-10-18)23-25(32-21-14-5-4-13-20(21)31-23)33(24)30-17-19-12-6-7-15-28-19/h1-7,9-10,12-15,17H,8,11,16,27H2,(H,29,34)/b30-17+. The van der Waals surface area contributed by atoms with Gasteiger partial charge in [-0.15, -0.1) is 0 Å². The first-order valence-corrected chi connectivity index (χ1v) is 11.0. The van der Waals surface area contributed by atoms with Crippen molar-refractivity contribution in [1.82, 2.24) is 24.9 Å². The van der Waals surface area contributed by atoms with Crippen molar-refractivity contribution in [2.75, 3.05) is 12.3 Å². The number of pyridine rings is 1. The topological polar surface area (TPSA) is 111 Å². The molecule has 0 saturated heterocycles. The summed E-state index contributed by atoms with van der Waals surface area (Å²) in [5, 5.41) is 7.44. The number of aromatic nitrogens is 4. The minimum absolute atomic E-state index is 0.179. The quantitative estimate of drug-likeness (QED) is 0.290. The van der Waals surface area contributed by atoms with Crippen LogP contribution in [-0.4, -0.2) is 38.3 Å². The van der Waals surface area contributed by atoms with Crippen LogP contribution in [0.5, 0.6) is 0 Å². The summed E-state index contributed by atoms with van der Waals surface area (Å²) in [6.07, 6.45) is 4.94. The Hall–Kier alpha value is -4.59.